The average Bonchev–Trinajstić information content (AvgIpc) is 2.69. The summed E-state index contributed by atoms with van der Waals surface area (Å²) in [6, 6.07) is 7.56. The number of rotatable bonds is 4. The van der Waals surface area contributed by atoms with Gasteiger partial charge in [0.05, 0.1) is 7.11 Å². The van der Waals surface area contributed by atoms with E-state index in [4.69, 9.17) is 9.47 Å². The highest BCUT2D eigenvalue weighted by atomic mass is 16.5. The Morgan fingerprint density at radius 2 is 2.15 bits per heavy atom. The summed E-state index contributed by atoms with van der Waals surface area (Å²) in [6.07, 6.45) is 0.977. The van der Waals surface area contributed by atoms with Crippen molar-refractivity contribution in [3.05, 3.63) is 24.3 Å². The number of carbonyl (C=O) groups is 1. The summed E-state index contributed by atoms with van der Waals surface area (Å²) in [5.41, 5.74) is 0. The number of hydrogen-bond donors (Lipinski definition) is 1. The van der Waals surface area contributed by atoms with Crippen LogP contribution in [0.15, 0.2) is 24.3 Å². The Morgan fingerprint density at radius 3 is 2.90 bits per heavy atom. The molecule has 1 aromatic carbocycles. The molecule has 1 amide bonds. The fourth-order valence-corrected chi connectivity index (χ4v) is 2.35. The summed E-state index contributed by atoms with van der Waals surface area (Å²) in [6.45, 7) is 4.67. The van der Waals surface area contributed by atoms with Gasteiger partial charge in [-0.15, -0.1) is 0 Å². The first-order valence-electron chi connectivity index (χ1n) is 6.98. The van der Waals surface area contributed by atoms with Crippen molar-refractivity contribution in [2.75, 3.05) is 33.4 Å². The fraction of sp³-hybridized carbons (Fsp3) is 0.533. The zero-order valence-corrected chi connectivity index (χ0v) is 12.1. The highest BCUT2D eigenvalue weighted by Crippen LogP contribution is 2.25. The molecule has 1 unspecified atom stereocenters. The minimum absolute atomic E-state index is 0.0205. The highest BCUT2D eigenvalue weighted by Gasteiger charge is 2.22. The van der Waals surface area contributed by atoms with Gasteiger partial charge in [-0.2, -0.15) is 0 Å². The number of hydrogen-bond acceptors (Lipinski definition) is 4. The molecule has 1 saturated heterocycles. The highest BCUT2D eigenvalue weighted by molar-refractivity contribution is 5.78. The second-order valence-corrected chi connectivity index (χ2v) is 4.93. The standard InChI is InChI=1S/C15H22N2O3/c1-12-10-16-8-5-9-17(12)15(18)11-20-14-7-4-3-6-13(14)19-2/h3-4,6-7,12,16H,5,8-11H2,1-2H3. The third-order valence-corrected chi connectivity index (χ3v) is 3.46. The number of nitrogens with zero attached hydrogens (tertiary/aromatic N) is 1. The van der Waals surface area contributed by atoms with Gasteiger partial charge in [-0.25, -0.2) is 0 Å². The molecule has 0 bridgehead atoms. The molecule has 0 aromatic heterocycles. The number of benzene rings is 1. The Hall–Kier alpha value is -1.75. The van der Waals surface area contributed by atoms with Crippen LogP contribution in [0.25, 0.3) is 0 Å². The van der Waals surface area contributed by atoms with Gasteiger partial charge in [-0.05, 0) is 32.0 Å². The van der Waals surface area contributed by atoms with Gasteiger partial charge >= 0.3 is 0 Å². The molecule has 5 nitrogen and oxygen atoms in total. The monoisotopic (exact) mass is 278 g/mol. The molecule has 20 heavy (non-hydrogen) atoms. The van der Waals surface area contributed by atoms with E-state index in [2.05, 4.69) is 12.2 Å². The van der Waals surface area contributed by atoms with Gasteiger partial charge in [0.25, 0.3) is 5.91 Å². The minimum Gasteiger partial charge on any atom is -0.493 e. The number of ether oxygens (including phenoxy) is 2. The normalized spacial score (nSPS) is 19.3. The van der Waals surface area contributed by atoms with Crippen LogP contribution in [-0.2, 0) is 4.79 Å². The maximum absolute atomic E-state index is 12.3. The summed E-state index contributed by atoms with van der Waals surface area (Å²) in [4.78, 5) is 14.2. The Kier molecular flexibility index (Phi) is 5.24. The van der Waals surface area contributed by atoms with Crippen LogP contribution in [0.3, 0.4) is 0 Å². The van der Waals surface area contributed by atoms with Gasteiger partial charge in [-0.1, -0.05) is 12.1 Å². The van der Waals surface area contributed by atoms with Gasteiger partial charge in [0.1, 0.15) is 0 Å². The molecule has 2 rings (SSSR count). The molecule has 1 fully saturated rings. The topological polar surface area (TPSA) is 50.8 Å². The van der Waals surface area contributed by atoms with Gasteiger partial charge in [-0.3, -0.25) is 4.79 Å². The van der Waals surface area contributed by atoms with Crippen LogP contribution >= 0.6 is 0 Å². The van der Waals surface area contributed by atoms with E-state index in [1.165, 1.54) is 0 Å². The van der Waals surface area contributed by atoms with Gasteiger partial charge in [0, 0.05) is 19.1 Å². The molecule has 1 aromatic rings. The molecule has 5 heteroatoms. The first-order chi connectivity index (χ1) is 9.72. The number of para-hydroxylation sites is 2. The number of methoxy groups -OCH3 is 1. The van der Waals surface area contributed by atoms with Crippen molar-refractivity contribution in [3.63, 3.8) is 0 Å². The predicted octanol–water partition coefficient (Wildman–Crippen LogP) is 1.28. The van der Waals surface area contributed by atoms with E-state index in [0.717, 1.165) is 26.1 Å². The zero-order valence-electron chi connectivity index (χ0n) is 12.1. The fourth-order valence-electron chi connectivity index (χ4n) is 2.35. The Labute approximate surface area is 119 Å². The average molecular weight is 278 g/mol. The summed E-state index contributed by atoms with van der Waals surface area (Å²) in [5.74, 6) is 1.27. The second kappa shape index (κ2) is 7.14. The number of amides is 1. The third-order valence-electron chi connectivity index (χ3n) is 3.46. The second-order valence-electron chi connectivity index (χ2n) is 4.93. The van der Waals surface area contributed by atoms with Crippen molar-refractivity contribution in [1.29, 1.82) is 0 Å². The lowest BCUT2D eigenvalue weighted by Gasteiger charge is -2.26. The van der Waals surface area contributed by atoms with Crippen LogP contribution in [0.5, 0.6) is 11.5 Å². The van der Waals surface area contributed by atoms with E-state index in [1.54, 1.807) is 13.2 Å². The van der Waals surface area contributed by atoms with Crippen LogP contribution in [0.1, 0.15) is 13.3 Å². The molecular formula is C15H22N2O3. The maximum Gasteiger partial charge on any atom is 0.260 e. The Morgan fingerprint density at radius 1 is 1.40 bits per heavy atom. The van der Waals surface area contributed by atoms with Crippen LogP contribution in [-0.4, -0.2) is 50.2 Å². The van der Waals surface area contributed by atoms with Crippen LogP contribution in [0, 0.1) is 0 Å². The minimum atomic E-state index is 0.0205. The predicted molar refractivity (Wildman–Crippen MR) is 77.2 cm³/mol. The maximum atomic E-state index is 12.3. The molecule has 110 valence electrons. The van der Waals surface area contributed by atoms with E-state index >= 15 is 0 Å². The Balaban J connectivity index is 1.94. The molecule has 1 atom stereocenters. The summed E-state index contributed by atoms with van der Waals surface area (Å²) in [7, 11) is 1.59. The SMILES string of the molecule is COc1ccccc1OCC(=O)N1CCCNCC1C. The molecular weight excluding hydrogens is 256 g/mol. The quantitative estimate of drug-likeness (QED) is 0.901. The van der Waals surface area contributed by atoms with Crippen molar-refractivity contribution in [3.8, 4) is 11.5 Å². The molecule has 1 heterocycles. The molecule has 0 spiro atoms. The van der Waals surface area contributed by atoms with E-state index in [9.17, 15) is 4.79 Å². The van der Waals surface area contributed by atoms with Crippen LogP contribution in [0.4, 0.5) is 0 Å². The lowest BCUT2D eigenvalue weighted by molar-refractivity contribution is -0.135. The van der Waals surface area contributed by atoms with Crippen LogP contribution in [0.2, 0.25) is 0 Å². The van der Waals surface area contributed by atoms with Crippen molar-refractivity contribution in [2.24, 2.45) is 0 Å². The summed E-state index contributed by atoms with van der Waals surface area (Å²) < 4.78 is 10.8. The Bertz CT molecular complexity index is 450. The van der Waals surface area contributed by atoms with Gasteiger partial charge in [0.15, 0.2) is 18.1 Å². The smallest absolute Gasteiger partial charge is 0.260 e. The summed E-state index contributed by atoms with van der Waals surface area (Å²) >= 11 is 0. The first kappa shape index (κ1) is 14.7. The van der Waals surface area contributed by atoms with Crippen molar-refractivity contribution >= 4 is 5.91 Å². The van der Waals surface area contributed by atoms with Gasteiger partial charge < -0.3 is 19.7 Å². The molecule has 0 radical (unpaired) electrons. The zero-order chi connectivity index (χ0) is 14.4. The van der Waals surface area contributed by atoms with Gasteiger partial charge in [0.2, 0.25) is 0 Å². The van der Waals surface area contributed by atoms with Crippen molar-refractivity contribution in [2.45, 2.75) is 19.4 Å². The van der Waals surface area contributed by atoms with Crippen molar-refractivity contribution < 1.29 is 14.3 Å². The molecule has 1 aliphatic heterocycles. The summed E-state index contributed by atoms with van der Waals surface area (Å²) in [5, 5.41) is 3.32. The lowest BCUT2D eigenvalue weighted by atomic mass is 10.2. The molecule has 0 aliphatic carbocycles. The van der Waals surface area contributed by atoms with E-state index in [-0.39, 0.29) is 18.6 Å². The van der Waals surface area contributed by atoms with Crippen LogP contribution < -0.4 is 14.8 Å². The largest absolute Gasteiger partial charge is 0.493 e. The lowest BCUT2D eigenvalue weighted by Crippen LogP contribution is -2.43. The first-order valence-corrected chi connectivity index (χ1v) is 6.98. The van der Waals surface area contributed by atoms with Crippen molar-refractivity contribution in [1.82, 2.24) is 10.2 Å². The molecule has 0 saturated carbocycles. The van der Waals surface area contributed by atoms with E-state index < -0.39 is 0 Å². The number of carbonyl (C=O) groups excluding carboxylic acids is 1. The number of nitrogens with one attached hydrogen (secondary N) is 1. The van der Waals surface area contributed by atoms with E-state index in [0.29, 0.717) is 11.5 Å². The van der Waals surface area contributed by atoms with E-state index in [1.807, 2.05) is 23.1 Å². The third kappa shape index (κ3) is 3.63. The molecule has 1 aliphatic rings. The molecule has 1 N–H and O–H groups in total.